The molecule has 0 saturated carbocycles. The summed E-state index contributed by atoms with van der Waals surface area (Å²) in [4.78, 5) is 0. The summed E-state index contributed by atoms with van der Waals surface area (Å²) >= 11 is 0. The highest BCUT2D eigenvalue weighted by molar-refractivity contribution is 7.86. The molecule has 0 aromatic heterocycles. The van der Waals surface area contributed by atoms with Crippen molar-refractivity contribution in [2.24, 2.45) is 0 Å². The molecule has 0 radical (unpaired) electrons. The summed E-state index contributed by atoms with van der Waals surface area (Å²) in [6.07, 6.45) is 0. The van der Waals surface area contributed by atoms with E-state index < -0.39 is 7.14 Å². The summed E-state index contributed by atoms with van der Waals surface area (Å²) in [6, 6.07) is 38.4. The van der Waals surface area contributed by atoms with Crippen molar-refractivity contribution in [3.8, 4) is 34.1 Å². The van der Waals surface area contributed by atoms with E-state index in [2.05, 4.69) is 36.4 Å². The van der Waals surface area contributed by atoms with Crippen LogP contribution in [0.1, 0.15) is 0 Å². The quantitative estimate of drug-likeness (QED) is 0.227. The Morgan fingerprint density at radius 1 is 0.528 bits per heavy atom. The number of fused-ring (bicyclic) bond motifs is 7. The third kappa shape index (κ3) is 2.56. The first kappa shape index (κ1) is 19.9. The van der Waals surface area contributed by atoms with Gasteiger partial charge in [-0.25, -0.2) is 0 Å². The molecule has 6 aromatic rings. The molecule has 4 heteroatoms. The van der Waals surface area contributed by atoms with Crippen molar-refractivity contribution in [1.82, 2.24) is 0 Å². The van der Waals surface area contributed by atoms with Gasteiger partial charge in [-0.2, -0.15) is 0 Å². The van der Waals surface area contributed by atoms with E-state index in [1.165, 1.54) is 0 Å². The SMILES string of the molecule is O=P12c3ccccc3Oc3cc(-c4cccc5ccccc45)cc(c31)Oc1c2ccc2ccccc12. The molecule has 2 aliphatic heterocycles. The molecule has 0 N–H and O–H groups in total. The van der Waals surface area contributed by atoms with Gasteiger partial charge in [-0.05, 0) is 57.6 Å². The largest absolute Gasteiger partial charge is 0.456 e. The molecule has 0 amide bonds. The minimum atomic E-state index is -3.23. The van der Waals surface area contributed by atoms with Gasteiger partial charge in [0.2, 0.25) is 0 Å². The molecule has 3 nitrogen and oxygen atoms in total. The van der Waals surface area contributed by atoms with Crippen LogP contribution in [0.2, 0.25) is 0 Å². The van der Waals surface area contributed by atoms with Gasteiger partial charge in [-0.15, -0.1) is 0 Å². The fraction of sp³-hybridized carbons (Fsp3) is 0. The van der Waals surface area contributed by atoms with E-state index >= 15 is 4.57 Å². The minimum Gasteiger partial charge on any atom is -0.456 e. The second-order valence-electron chi connectivity index (χ2n) is 9.26. The molecule has 8 rings (SSSR count). The number of ether oxygens (including phenoxy) is 2. The Morgan fingerprint density at radius 2 is 1.19 bits per heavy atom. The lowest BCUT2D eigenvalue weighted by molar-refractivity contribution is 0.464. The van der Waals surface area contributed by atoms with E-state index in [1.807, 2.05) is 78.9 Å². The number of benzene rings is 6. The Balaban J connectivity index is 1.48. The molecule has 1 atom stereocenters. The van der Waals surface area contributed by atoms with E-state index in [9.17, 15) is 0 Å². The Bertz CT molecular complexity index is 1930. The van der Waals surface area contributed by atoms with Gasteiger partial charge in [0.05, 0.1) is 10.6 Å². The van der Waals surface area contributed by atoms with Gasteiger partial charge in [0, 0.05) is 5.39 Å². The highest BCUT2D eigenvalue weighted by atomic mass is 31.2. The van der Waals surface area contributed by atoms with Crippen molar-refractivity contribution >= 4 is 44.6 Å². The van der Waals surface area contributed by atoms with Crippen molar-refractivity contribution in [2.75, 3.05) is 0 Å². The van der Waals surface area contributed by atoms with Gasteiger partial charge < -0.3 is 14.0 Å². The molecule has 2 heterocycles. The van der Waals surface area contributed by atoms with Crippen molar-refractivity contribution in [3.05, 3.63) is 115 Å². The van der Waals surface area contributed by atoms with Crippen LogP contribution in [0.4, 0.5) is 0 Å². The summed E-state index contributed by atoms with van der Waals surface area (Å²) in [5, 5.41) is 6.41. The van der Waals surface area contributed by atoms with Gasteiger partial charge >= 0.3 is 0 Å². The second-order valence-corrected chi connectivity index (χ2v) is 11.9. The lowest BCUT2D eigenvalue weighted by atomic mass is 9.98. The predicted molar refractivity (Wildman–Crippen MR) is 146 cm³/mol. The second kappa shape index (κ2) is 7.10. The fourth-order valence-electron chi connectivity index (χ4n) is 5.67. The zero-order valence-corrected chi connectivity index (χ0v) is 20.0. The maximum Gasteiger partial charge on any atom is 0.185 e. The molecule has 6 aromatic carbocycles. The molecule has 0 aliphatic carbocycles. The lowest BCUT2D eigenvalue weighted by Crippen LogP contribution is -2.35. The average Bonchev–Trinajstić information content (AvgIpc) is 2.92. The highest BCUT2D eigenvalue weighted by Gasteiger charge is 2.47. The smallest absolute Gasteiger partial charge is 0.185 e. The third-order valence-corrected chi connectivity index (χ3v) is 10.4. The van der Waals surface area contributed by atoms with Gasteiger partial charge in [0.25, 0.3) is 0 Å². The summed E-state index contributed by atoms with van der Waals surface area (Å²) in [7, 11) is -3.23. The fourth-order valence-corrected chi connectivity index (χ4v) is 8.72. The van der Waals surface area contributed by atoms with Crippen molar-refractivity contribution in [3.63, 3.8) is 0 Å². The van der Waals surface area contributed by atoms with Gasteiger partial charge in [0.15, 0.2) is 7.14 Å². The first-order valence-corrected chi connectivity index (χ1v) is 13.7. The molecule has 1 unspecified atom stereocenters. The monoisotopic (exact) mass is 482 g/mol. The number of para-hydroxylation sites is 1. The maximum atomic E-state index is 15.3. The van der Waals surface area contributed by atoms with E-state index in [1.54, 1.807) is 0 Å². The van der Waals surface area contributed by atoms with Crippen LogP contribution in [0.25, 0.3) is 32.7 Å². The van der Waals surface area contributed by atoms with E-state index in [4.69, 9.17) is 9.47 Å². The average molecular weight is 482 g/mol. The molecule has 0 fully saturated rings. The van der Waals surface area contributed by atoms with Crippen LogP contribution in [0.5, 0.6) is 23.0 Å². The Morgan fingerprint density at radius 3 is 2.06 bits per heavy atom. The van der Waals surface area contributed by atoms with Crippen molar-refractivity contribution in [1.29, 1.82) is 0 Å². The zero-order chi connectivity index (χ0) is 23.9. The summed E-state index contributed by atoms with van der Waals surface area (Å²) in [6.45, 7) is 0. The lowest BCUT2D eigenvalue weighted by Gasteiger charge is -2.35. The molecule has 2 aliphatic rings. The molecule has 170 valence electrons. The van der Waals surface area contributed by atoms with Crippen LogP contribution in [0.15, 0.2) is 115 Å². The highest BCUT2D eigenvalue weighted by Crippen LogP contribution is 2.59. The maximum absolute atomic E-state index is 15.3. The Kier molecular flexibility index (Phi) is 3.93. The van der Waals surface area contributed by atoms with Crippen LogP contribution in [0.3, 0.4) is 0 Å². The first-order valence-electron chi connectivity index (χ1n) is 12.0. The summed E-state index contributed by atoms with van der Waals surface area (Å²) in [5.74, 6) is 2.49. The first-order chi connectivity index (χ1) is 17.7. The molecule has 36 heavy (non-hydrogen) atoms. The van der Waals surface area contributed by atoms with E-state index in [-0.39, 0.29) is 0 Å². The standard InChI is InChI=1S/C32H19O3P/c33-36-29-15-6-5-14-26(29)34-27-18-22(24-13-7-10-20-8-1-3-11-23(20)24)19-28(32(27)36)35-31-25-12-4-2-9-21(25)16-17-30(31)36/h1-19H. The third-order valence-electron chi connectivity index (χ3n) is 7.29. The Hall–Kier alpha value is -4.33. The van der Waals surface area contributed by atoms with Gasteiger partial charge in [-0.3, -0.25) is 0 Å². The molecular formula is C32H19O3P. The summed E-state index contributed by atoms with van der Waals surface area (Å²) < 4.78 is 28.3. The number of rotatable bonds is 1. The van der Waals surface area contributed by atoms with E-state index in [0.29, 0.717) is 28.3 Å². The topological polar surface area (TPSA) is 35.5 Å². The van der Waals surface area contributed by atoms with Crippen LogP contribution in [-0.2, 0) is 4.57 Å². The van der Waals surface area contributed by atoms with Gasteiger partial charge in [0.1, 0.15) is 28.3 Å². The molecule has 0 bridgehead atoms. The van der Waals surface area contributed by atoms with Crippen LogP contribution in [-0.4, -0.2) is 0 Å². The predicted octanol–water partition coefficient (Wildman–Crippen LogP) is 7.51. The van der Waals surface area contributed by atoms with Crippen LogP contribution < -0.4 is 25.4 Å². The van der Waals surface area contributed by atoms with E-state index in [0.717, 1.165) is 43.3 Å². The van der Waals surface area contributed by atoms with Crippen molar-refractivity contribution < 1.29 is 14.0 Å². The summed E-state index contributed by atoms with van der Waals surface area (Å²) in [5.41, 5.74) is 2.05. The molecule has 0 spiro atoms. The minimum absolute atomic E-state index is 0.594. The normalized spacial score (nSPS) is 17.0. The number of hydrogen-bond donors (Lipinski definition) is 0. The van der Waals surface area contributed by atoms with Crippen LogP contribution >= 0.6 is 7.14 Å². The van der Waals surface area contributed by atoms with Crippen molar-refractivity contribution in [2.45, 2.75) is 0 Å². The molecular weight excluding hydrogens is 463 g/mol. The van der Waals surface area contributed by atoms with Gasteiger partial charge in [-0.1, -0.05) is 84.9 Å². The van der Waals surface area contributed by atoms with Crippen LogP contribution in [0, 0.1) is 0 Å². The molecule has 0 saturated heterocycles. The number of hydrogen-bond acceptors (Lipinski definition) is 3. The Labute approximate surface area is 207 Å². The zero-order valence-electron chi connectivity index (χ0n) is 19.1.